The normalized spacial score (nSPS) is 13.2. The molecule has 1 aromatic heterocycles. The van der Waals surface area contributed by atoms with Gasteiger partial charge in [0.15, 0.2) is 0 Å². The lowest BCUT2D eigenvalue weighted by Gasteiger charge is -2.27. The minimum absolute atomic E-state index is 0.105. The van der Waals surface area contributed by atoms with Crippen molar-refractivity contribution in [3.05, 3.63) is 53.9 Å². The van der Waals surface area contributed by atoms with Gasteiger partial charge in [-0.3, -0.25) is 4.98 Å². The van der Waals surface area contributed by atoms with Crippen LogP contribution in [0, 0.1) is 11.3 Å². The summed E-state index contributed by atoms with van der Waals surface area (Å²) in [5.41, 5.74) is 0.591. The second kappa shape index (κ2) is 7.94. The van der Waals surface area contributed by atoms with E-state index in [0.717, 1.165) is 18.3 Å². The van der Waals surface area contributed by atoms with E-state index in [1.54, 1.807) is 13.8 Å². The molecule has 0 spiro atoms. The molecule has 0 saturated heterocycles. The molecule has 0 saturated carbocycles. The maximum Gasteiger partial charge on any atom is 0.573 e. The van der Waals surface area contributed by atoms with Crippen LogP contribution in [0.3, 0.4) is 0 Å². The molecule has 0 amide bonds. The first-order valence-electron chi connectivity index (χ1n) is 7.81. The summed E-state index contributed by atoms with van der Waals surface area (Å²) >= 11 is 0. The average molecular weight is 399 g/mol. The molecule has 1 aromatic carbocycles. The predicted octanol–water partition coefficient (Wildman–Crippen LogP) is 3.62. The molecule has 6 nitrogen and oxygen atoms in total. The summed E-state index contributed by atoms with van der Waals surface area (Å²) in [5, 5.41) is 8.93. The second-order valence-corrected chi connectivity index (χ2v) is 7.41. The number of nitriles is 1. The van der Waals surface area contributed by atoms with Gasteiger partial charge < -0.3 is 4.74 Å². The van der Waals surface area contributed by atoms with Crippen LogP contribution in [0.4, 0.5) is 13.2 Å². The van der Waals surface area contributed by atoms with Crippen LogP contribution in [0.5, 0.6) is 5.75 Å². The molecule has 0 aliphatic rings. The molecule has 0 bridgehead atoms. The number of benzene rings is 1. The highest BCUT2D eigenvalue weighted by Gasteiger charge is 2.32. The monoisotopic (exact) mass is 399 g/mol. The minimum atomic E-state index is -4.80. The van der Waals surface area contributed by atoms with Crippen LogP contribution in [0.1, 0.15) is 31.0 Å². The molecule has 0 aliphatic carbocycles. The number of hydrogen-bond acceptors (Lipinski definition) is 5. The van der Waals surface area contributed by atoms with Crippen molar-refractivity contribution in [3.63, 3.8) is 0 Å². The van der Waals surface area contributed by atoms with Crippen LogP contribution >= 0.6 is 0 Å². The Balaban J connectivity index is 2.31. The average Bonchev–Trinajstić information content (AvgIpc) is 2.61. The maximum atomic E-state index is 12.9. The van der Waals surface area contributed by atoms with E-state index in [1.807, 2.05) is 6.07 Å². The number of sulfonamides is 1. The highest BCUT2D eigenvalue weighted by Crippen LogP contribution is 2.29. The number of rotatable bonds is 6. The van der Waals surface area contributed by atoms with Gasteiger partial charge in [0, 0.05) is 25.0 Å². The largest absolute Gasteiger partial charge is 0.573 e. The molecule has 1 heterocycles. The predicted molar refractivity (Wildman–Crippen MR) is 90.1 cm³/mol. The molecule has 0 aliphatic heterocycles. The Morgan fingerprint density at radius 1 is 1.26 bits per heavy atom. The topological polar surface area (TPSA) is 83.3 Å². The zero-order chi connectivity index (χ0) is 20.2. The van der Waals surface area contributed by atoms with Crippen molar-refractivity contribution in [2.24, 2.45) is 0 Å². The molecule has 2 rings (SSSR count). The Hall–Kier alpha value is -2.64. The Kier molecular flexibility index (Phi) is 6.08. The number of ether oxygens (including phenoxy) is 1. The zero-order valence-corrected chi connectivity index (χ0v) is 15.3. The third-order valence-corrected chi connectivity index (χ3v) is 5.80. The summed E-state index contributed by atoms with van der Waals surface area (Å²) in [6.07, 6.45) is -2.41. The number of pyridine rings is 1. The van der Waals surface area contributed by atoms with E-state index in [-0.39, 0.29) is 17.0 Å². The summed E-state index contributed by atoms with van der Waals surface area (Å²) in [5.74, 6) is -0.393. The van der Waals surface area contributed by atoms with E-state index >= 15 is 0 Å². The highest BCUT2D eigenvalue weighted by molar-refractivity contribution is 7.89. The van der Waals surface area contributed by atoms with E-state index < -0.39 is 28.2 Å². The van der Waals surface area contributed by atoms with Crippen molar-refractivity contribution in [2.45, 2.75) is 31.1 Å². The summed E-state index contributed by atoms with van der Waals surface area (Å²) in [4.78, 5) is 3.63. The van der Waals surface area contributed by atoms with Gasteiger partial charge in [-0.2, -0.15) is 9.57 Å². The van der Waals surface area contributed by atoms with E-state index in [4.69, 9.17) is 5.26 Å². The van der Waals surface area contributed by atoms with Crippen LogP contribution in [-0.2, 0) is 10.0 Å². The van der Waals surface area contributed by atoms with E-state index in [1.165, 1.54) is 28.7 Å². The van der Waals surface area contributed by atoms with Gasteiger partial charge >= 0.3 is 6.36 Å². The number of alkyl halides is 3. The fraction of sp³-hybridized carbons (Fsp3) is 0.294. The van der Waals surface area contributed by atoms with Gasteiger partial charge in [-0.1, -0.05) is 19.1 Å². The number of nitrogens with zero attached hydrogens (tertiary/aromatic N) is 3. The van der Waals surface area contributed by atoms with Crippen LogP contribution in [0.15, 0.2) is 47.6 Å². The lowest BCUT2D eigenvalue weighted by atomic mass is 10.1. The van der Waals surface area contributed by atoms with E-state index in [2.05, 4.69) is 9.72 Å². The van der Waals surface area contributed by atoms with Crippen molar-refractivity contribution in [1.82, 2.24) is 9.29 Å². The highest BCUT2D eigenvalue weighted by atomic mass is 32.2. The van der Waals surface area contributed by atoms with Crippen LogP contribution in [-0.4, -0.2) is 30.6 Å². The van der Waals surface area contributed by atoms with E-state index in [0.29, 0.717) is 5.56 Å². The molecule has 27 heavy (non-hydrogen) atoms. The Bertz CT molecular complexity index is 938. The number of halogens is 3. The van der Waals surface area contributed by atoms with Gasteiger partial charge in [-0.25, -0.2) is 8.42 Å². The van der Waals surface area contributed by atoms with Crippen molar-refractivity contribution < 1.29 is 26.3 Å². The minimum Gasteiger partial charge on any atom is -0.406 e. The lowest BCUT2D eigenvalue weighted by molar-refractivity contribution is -0.274. The second-order valence-electron chi connectivity index (χ2n) is 5.52. The molecule has 0 radical (unpaired) electrons. The van der Waals surface area contributed by atoms with E-state index in [9.17, 15) is 21.6 Å². The van der Waals surface area contributed by atoms with Crippen molar-refractivity contribution >= 4 is 10.0 Å². The van der Waals surface area contributed by atoms with Crippen LogP contribution in [0.2, 0.25) is 0 Å². The molecule has 10 heteroatoms. The molecule has 0 unspecified atom stereocenters. The number of aromatic nitrogens is 1. The Morgan fingerprint density at radius 2 is 1.89 bits per heavy atom. The van der Waals surface area contributed by atoms with Crippen molar-refractivity contribution in [2.75, 3.05) is 6.54 Å². The molecule has 2 aromatic rings. The third-order valence-electron chi connectivity index (χ3n) is 3.79. The first-order chi connectivity index (χ1) is 12.6. The molecule has 144 valence electrons. The summed E-state index contributed by atoms with van der Waals surface area (Å²) < 4.78 is 67.5. The first-order valence-corrected chi connectivity index (χ1v) is 9.25. The summed E-state index contributed by atoms with van der Waals surface area (Å²) in [7, 11) is -3.96. The zero-order valence-electron chi connectivity index (χ0n) is 14.4. The van der Waals surface area contributed by atoms with Crippen molar-refractivity contribution in [3.8, 4) is 11.8 Å². The smallest absolute Gasteiger partial charge is 0.406 e. The quantitative estimate of drug-likeness (QED) is 0.741. The van der Waals surface area contributed by atoms with Gasteiger partial charge in [-0.05, 0) is 30.7 Å². The summed E-state index contributed by atoms with van der Waals surface area (Å²) in [6, 6.07) is 7.37. The molecule has 0 N–H and O–H groups in total. The number of hydrogen-bond donors (Lipinski definition) is 0. The standard InChI is InChI=1S/C17H16F3N3O3S/c1-3-23(27(24,25)16-8-13(9-21)10-22-11-16)12(2)14-4-6-15(7-5-14)26-17(18,19)20/h4-8,10-12H,3H2,1-2H3/t12-/m0/s1. The maximum absolute atomic E-state index is 12.9. The summed E-state index contributed by atoms with van der Waals surface area (Å²) in [6.45, 7) is 3.36. The van der Waals surface area contributed by atoms with Crippen LogP contribution in [0.25, 0.3) is 0 Å². The van der Waals surface area contributed by atoms with Gasteiger partial charge in [0.25, 0.3) is 0 Å². The van der Waals surface area contributed by atoms with Crippen molar-refractivity contribution in [1.29, 1.82) is 5.26 Å². The van der Waals surface area contributed by atoms with Gasteiger partial charge in [0.05, 0.1) is 5.56 Å². The Labute approximate surface area is 154 Å². The van der Waals surface area contributed by atoms with Gasteiger partial charge in [0.2, 0.25) is 10.0 Å². The molecular formula is C17H16F3N3O3S. The fourth-order valence-electron chi connectivity index (χ4n) is 2.52. The molecular weight excluding hydrogens is 383 g/mol. The molecule has 1 atom stereocenters. The fourth-order valence-corrected chi connectivity index (χ4v) is 4.14. The first kappa shape index (κ1) is 20.7. The SMILES string of the molecule is CCN([C@@H](C)c1ccc(OC(F)(F)F)cc1)S(=O)(=O)c1cncc(C#N)c1. The third kappa shape index (κ3) is 4.96. The Morgan fingerprint density at radius 3 is 2.41 bits per heavy atom. The molecule has 0 fully saturated rings. The van der Waals surface area contributed by atoms with Gasteiger partial charge in [-0.15, -0.1) is 13.2 Å². The lowest BCUT2D eigenvalue weighted by Crippen LogP contribution is -2.33. The van der Waals surface area contributed by atoms with Crippen LogP contribution < -0.4 is 4.74 Å². The van der Waals surface area contributed by atoms with Gasteiger partial charge in [0.1, 0.15) is 16.7 Å².